The van der Waals surface area contributed by atoms with Gasteiger partial charge in [0.2, 0.25) is 6.41 Å². The van der Waals surface area contributed by atoms with Crippen molar-refractivity contribution in [1.29, 1.82) is 5.26 Å². The molecule has 0 aliphatic rings. The lowest BCUT2D eigenvalue weighted by atomic mass is 9.98. The van der Waals surface area contributed by atoms with Crippen molar-refractivity contribution in [2.45, 2.75) is 0 Å². The van der Waals surface area contributed by atoms with E-state index in [0.717, 1.165) is 22.3 Å². The first-order valence-electron chi connectivity index (χ1n) is 7.95. The van der Waals surface area contributed by atoms with E-state index in [1.807, 2.05) is 18.2 Å². The number of carbonyl (C=O) groups is 1. The maximum Gasteiger partial charge on any atom is 0.229 e. The maximum atomic E-state index is 11.1. The van der Waals surface area contributed by atoms with E-state index in [2.05, 4.69) is 15.2 Å². The predicted molar refractivity (Wildman–Crippen MR) is 101 cm³/mol. The molecule has 0 fully saturated rings. The minimum absolute atomic E-state index is 0.314. The van der Waals surface area contributed by atoms with E-state index in [-0.39, 0.29) is 0 Å². The van der Waals surface area contributed by atoms with Crippen LogP contribution in [0.2, 0.25) is 5.02 Å². The minimum atomic E-state index is 0.314. The number of amides is 1. The summed E-state index contributed by atoms with van der Waals surface area (Å²) < 4.78 is 1.58. The molecule has 8 heteroatoms. The Bertz CT molecular complexity index is 1080. The second-order valence-electron chi connectivity index (χ2n) is 5.71. The second kappa shape index (κ2) is 7.81. The summed E-state index contributed by atoms with van der Waals surface area (Å²) >= 11 is 6.01. The molecule has 3 rings (SSSR count). The molecular formula is C19H15ClN6O. The van der Waals surface area contributed by atoms with Crippen molar-refractivity contribution in [3.8, 4) is 28.3 Å². The summed E-state index contributed by atoms with van der Waals surface area (Å²) in [4.78, 5) is 15.2. The van der Waals surface area contributed by atoms with E-state index in [1.165, 1.54) is 5.01 Å². The van der Waals surface area contributed by atoms with Crippen molar-refractivity contribution in [2.24, 2.45) is 12.1 Å². The lowest BCUT2D eigenvalue weighted by molar-refractivity contribution is -0.117. The Morgan fingerprint density at radius 3 is 2.48 bits per heavy atom. The topological polar surface area (TPSA) is 87.2 Å². The molecule has 3 aromatic rings. The summed E-state index contributed by atoms with van der Waals surface area (Å²) in [5, 5.41) is 19.5. The van der Waals surface area contributed by atoms with Crippen molar-refractivity contribution in [3.05, 3.63) is 65.0 Å². The van der Waals surface area contributed by atoms with E-state index in [1.54, 1.807) is 55.4 Å². The summed E-state index contributed by atoms with van der Waals surface area (Å²) in [7, 11) is 3.28. The first kappa shape index (κ1) is 18.3. The van der Waals surface area contributed by atoms with E-state index in [0.29, 0.717) is 22.6 Å². The van der Waals surface area contributed by atoms with Crippen molar-refractivity contribution in [3.63, 3.8) is 0 Å². The van der Waals surface area contributed by atoms with Gasteiger partial charge in [0.15, 0.2) is 5.49 Å². The fourth-order valence-corrected chi connectivity index (χ4v) is 2.70. The van der Waals surface area contributed by atoms with Crippen LogP contribution >= 0.6 is 11.6 Å². The molecule has 7 nitrogen and oxygen atoms in total. The highest BCUT2D eigenvalue weighted by atomic mass is 35.5. The number of halogens is 1. The molecule has 0 atom stereocenters. The third-order valence-electron chi connectivity index (χ3n) is 3.89. The maximum absolute atomic E-state index is 11.1. The fraction of sp³-hybridized carbons (Fsp3) is 0.105. The van der Waals surface area contributed by atoms with Crippen molar-refractivity contribution < 1.29 is 4.79 Å². The van der Waals surface area contributed by atoms with Crippen LogP contribution in [0, 0.1) is 11.3 Å². The Morgan fingerprint density at radius 2 is 1.89 bits per heavy atom. The molecule has 1 amide bonds. The van der Waals surface area contributed by atoms with Crippen molar-refractivity contribution >= 4 is 18.0 Å². The number of hydrogen-bond donors (Lipinski definition) is 0. The molecule has 0 N–H and O–H groups in total. The number of nitriles is 1. The minimum Gasteiger partial charge on any atom is -0.277 e. The molecule has 0 unspecified atom stereocenters. The number of aryl methyl sites for hydroxylation is 1. The number of aromatic nitrogens is 3. The molecular weight excluding hydrogens is 364 g/mol. The normalized spacial score (nSPS) is 11.1. The van der Waals surface area contributed by atoms with E-state index in [4.69, 9.17) is 16.9 Å². The molecule has 0 saturated carbocycles. The van der Waals surface area contributed by atoms with E-state index in [9.17, 15) is 4.79 Å². The van der Waals surface area contributed by atoms with Gasteiger partial charge in [-0.1, -0.05) is 23.7 Å². The van der Waals surface area contributed by atoms with Crippen LogP contribution < -0.4 is 5.49 Å². The molecule has 1 aromatic carbocycles. The van der Waals surface area contributed by atoms with Gasteiger partial charge >= 0.3 is 0 Å². The van der Waals surface area contributed by atoms with Gasteiger partial charge in [0.05, 0.1) is 6.20 Å². The average Bonchev–Trinajstić information content (AvgIpc) is 2.70. The molecule has 0 saturated heterocycles. The molecule has 0 aliphatic carbocycles. The van der Waals surface area contributed by atoms with E-state index >= 15 is 0 Å². The zero-order valence-corrected chi connectivity index (χ0v) is 15.4. The van der Waals surface area contributed by atoms with E-state index < -0.39 is 0 Å². The number of pyridine rings is 1. The van der Waals surface area contributed by atoms with Gasteiger partial charge in [-0.25, -0.2) is 14.7 Å². The van der Waals surface area contributed by atoms with Crippen LogP contribution in [0.15, 0.2) is 53.9 Å². The summed E-state index contributed by atoms with van der Waals surface area (Å²) in [6, 6.07) is 12.8. The van der Waals surface area contributed by atoms with Crippen LogP contribution in [-0.2, 0) is 11.8 Å². The monoisotopic (exact) mass is 378 g/mol. The second-order valence-corrected chi connectivity index (χ2v) is 6.15. The zero-order valence-electron chi connectivity index (χ0n) is 14.7. The molecule has 0 spiro atoms. The predicted octanol–water partition coefficient (Wildman–Crippen LogP) is 2.58. The van der Waals surface area contributed by atoms with Gasteiger partial charge in [-0.3, -0.25) is 4.79 Å². The summed E-state index contributed by atoms with van der Waals surface area (Å²) in [6.07, 6.45) is 3.93. The molecule has 2 aromatic heterocycles. The van der Waals surface area contributed by atoms with Crippen molar-refractivity contribution in [1.82, 2.24) is 19.8 Å². The quantitative estimate of drug-likeness (QED) is 0.515. The van der Waals surface area contributed by atoms with Gasteiger partial charge in [-0.2, -0.15) is 15.5 Å². The Hall–Kier alpha value is -3.50. The van der Waals surface area contributed by atoms with Crippen LogP contribution in [0.1, 0.15) is 5.69 Å². The SMILES string of the molecule is CN(C=O)/N=c1/c(-c2ccc(C#N)nc2)c(-c2ccc(Cl)cc2)cnn1C. The molecule has 0 bridgehead atoms. The average molecular weight is 379 g/mol. The Labute approximate surface area is 160 Å². The smallest absolute Gasteiger partial charge is 0.229 e. The van der Waals surface area contributed by atoms with Gasteiger partial charge in [0.25, 0.3) is 0 Å². The third kappa shape index (κ3) is 3.86. The first-order chi connectivity index (χ1) is 13.0. The van der Waals surface area contributed by atoms with Gasteiger partial charge in [-0.15, -0.1) is 0 Å². The molecule has 134 valence electrons. The highest BCUT2D eigenvalue weighted by molar-refractivity contribution is 6.30. The number of nitrogens with zero attached hydrogens (tertiary/aromatic N) is 6. The Morgan fingerprint density at radius 1 is 1.19 bits per heavy atom. The lowest BCUT2D eigenvalue weighted by Crippen LogP contribution is -2.27. The van der Waals surface area contributed by atoms with Crippen molar-refractivity contribution in [2.75, 3.05) is 7.05 Å². The summed E-state index contributed by atoms with van der Waals surface area (Å²) in [5.41, 5.74) is 3.96. The number of carbonyl (C=O) groups excluding carboxylic acids is 1. The summed E-state index contributed by atoms with van der Waals surface area (Å²) in [6.45, 7) is 0. The molecule has 0 radical (unpaired) electrons. The third-order valence-corrected chi connectivity index (χ3v) is 4.14. The fourth-order valence-electron chi connectivity index (χ4n) is 2.57. The largest absolute Gasteiger partial charge is 0.277 e. The van der Waals surface area contributed by atoms with Gasteiger partial charge in [-0.05, 0) is 29.8 Å². The summed E-state index contributed by atoms with van der Waals surface area (Å²) in [5.74, 6) is 0. The first-order valence-corrected chi connectivity index (χ1v) is 8.33. The lowest BCUT2D eigenvalue weighted by Gasteiger charge is -2.14. The number of rotatable bonds is 4. The highest BCUT2D eigenvalue weighted by Gasteiger charge is 2.14. The molecule has 27 heavy (non-hydrogen) atoms. The van der Waals surface area contributed by atoms with Crippen LogP contribution in [0.5, 0.6) is 0 Å². The zero-order chi connectivity index (χ0) is 19.4. The van der Waals surface area contributed by atoms with Crippen LogP contribution in [0.4, 0.5) is 0 Å². The van der Waals surface area contributed by atoms with Gasteiger partial charge in [0.1, 0.15) is 11.8 Å². The van der Waals surface area contributed by atoms with Crippen LogP contribution in [0.3, 0.4) is 0 Å². The Balaban J connectivity index is 2.35. The van der Waals surface area contributed by atoms with Gasteiger partial charge < -0.3 is 0 Å². The number of hydrogen-bond acceptors (Lipinski definition) is 5. The Kier molecular flexibility index (Phi) is 5.29. The molecule has 2 heterocycles. The van der Waals surface area contributed by atoms with Gasteiger partial charge in [0, 0.05) is 42.0 Å². The standard InChI is InChI=1S/C19H15ClN6O/c1-25(12-27)24-19-18(14-5-8-16(9-21)22-10-14)17(11-23-26(19)2)13-3-6-15(20)7-4-13/h3-8,10-12H,1-2H3/b24-19-. The highest BCUT2D eigenvalue weighted by Crippen LogP contribution is 2.29. The number of benzene rings is 1. The van der Waals surface area contributed by atoms with Crippen LogP contribution in [0.25, 0.3) is 22.3 Å². The van der Waals surface area contributed by atoms with Crippen LogP contribution in [-0.4, -0.2) is 33.2 Å². The molecule has 0 aliphatic heterocycles.